The first-order valence-electron chi connectivity index (χ1n) is 8.04. The van der Waals surface area contributed by atoms with E-state index >= 15 is 0 Å². The highest BCUT2D eigenvalue weighted by Crippen LogP contribution is 2.29. The van der Waals surface area contributed by atoms with Gasteiger partial charge in [0, 0.05) is 4.88 Å². The van der Waals surface area contributed by atoms with Gasteiger partial charge in [-0.2, -0.15) is 0 Å². The zero-order valence-corrected chi connectivity index (χ0v) is 16.4. The maximum Gasteiger partial charge on any atom is 0.340 e. The summed E-state index contributed by atoms with van der Waals surface area (Å²) in [5.74, 6) is -0.805. The normalized spacial score (nSPS) is 10.6. The molecule has 2 aromatic heterocycles. The van der Waals surface area contributed by atoms with E-state index in [1.807, 2.05) is 6.92 Å². The number of anilines is 1. The highest BCUT2D eigenvalue weighted by molar-refractivity contribution is 7.16. The molecule has 0 atom stereocenters. The van der Waals surface area contributed by atoms with E-state index in [0.29, 0.717) is 16.5 Å². The number of carbonyl (C=O) groups excluding carboxylic acids is 2. The highest BCUT2D eigenvalue weighted by atomic mass is 35.5. The van der Waals surface area contributed by atoms with E-state index in [0.717, 1.165) is 10.9 Å². The van der Waals surface area contributed by atoms with Gasteiger partial charge in [0.25, 0.3) is 5.91 Å². The number of nitrogens with one attached hydrogen (secondary N) is 1. The van der Waals surface area contributed by atoms with Crippen molar-refractivity contribution in [2.45, 2.75) is 13.5 Å². The molecule has 0 bridgehead atoms. The van der Waals surface area contributed by atoms with Crippen molar-refractivity contribution in [3.05, 3.63) is 69.2 Å². The van der Waals surface area contributed by atoms with E-state index in [1.54, 1.807) is 12.1 Å². The Morgan fingerprint density at radius 1 is 1.25 bits per heavy atom. The van der Waals surface area contributed by atoms with Crippen LogP contribution in [0.5, 0.6) is 5.75 Å². The molecule has 146 valence electrons. The zero-order valence-electron chi connectivity index (χ0n) is 14.9. The number of furan rings is 1. The third-order valence-electron chi connectivity index (χ3n) is 3.64. The van der Waals surface area contributed by atoms with Crippen LogP contribution in [0, 0.1) is 12.7 Å². The molecule has 3 aromatic rings. The number of esters is 1. The van der Waals surface area contributed by atoms with Crippen LogP contribution in [0.15, 0.2) is 40.8 Å². The Morgan fingerprint density at radius 3 is 2.75 bits per heavy atom. The van der Waals surface area contributed by atoms with Gasteiger partial charge < -0.3 is 19.2 Å². The molecule has 0 fully saturated rings. The lowest BCUT2D eigenvalue weighted by Gasteiger charge is -2.06. The molecule has 3 rings (SSSR count). The van der Waals surface area contributed by atoms with Gasteiger partial charge in [-0.3, -0.25) is 4.79 Å². The van der Waals surface area contributed by atoms with Crippen LogP contribution in [-0.2, 0) is 11.3 Å². The van der Waals surface area contributed by atoms with Gasteiger partial charge in [-0.1, -0.05) is 11.6 Å². The van der Waals surface area contributed by atoms with Gasteiger partial charge in [0.15, 0.2) is 5.76 Å². The summed E-state index contributed by atoms with van der Waals surface area (Å²) in [6.07, 6.45) is 0. The van der Waals surface area contributed by atoms with E-state index in [1.165, 1.54) is 36.6 Å². The number of hydrogen-bond acceptors (Lipinski definition) is 6. The van der Waals surface area contributed by atoms with Gasteiger partial charge >= 0.3 is 5.97 Å². The van der Waals surface area contributed by atoms with Crippen molar-refractivity contribution in [2.24, 2.45) is 0 Å². The van der Waals surface area contributed by atoms with Crippen molar-refractivity contribution in [3.63, 3.8) is 0 Å². The lowest BCUT2D eigenvalue weighted by Crippen LogP contribution is -2.13. The lowest BCUT2D eigenvalue weighted by molar-refractivity contribution is 0.0602. The maximum absolute atomic E-state index is 13.1. The third-order valence-corrected chi connectivity index (χ3v) is 4.90. The van der Waals surface area contributed by atoms with Crippen LogP contribution in [0.4, 0.5) is 9.39 Å². The minimum atomic E-state index is -0.538. The molecule has 1 N–H and O–H groups in total. The number of carbonyl (C=O) groups is 2. The number of aryl methyl sites for hydroxylation is 1. The second kappa shape index (κ2) is 8.45. The summed E-state index contributed by atoms with van der Waals surface area (Å²) in [5, 5.41) is 3.16. The summed E-state index contributed by atoms with van der Waals surface area (Å²) < 4.78 is 28.7. The summed E-state index contributed by atoms with van der Waals surface area (Å²) in [4.78, 5) is 25.1. The first-order chi connectivity index (χ1) is 13.4. The Bertz CT molecular complexity index is 1030. The minimum Gasteiger partial charge on any atom is -0.484 e. The molecular formula is C19H15ClFNO5S. The second-order valence-electron chi connectivity index (χ2n) is 5.67. The zero-order chi connectivity index (χ0) is 20.3. The largest absolute Gasteiger partial charge is 0.484 e. The van der Waals surface area contributed by atoms with Crippen molar-refractivity contribution >= 4 is 39.8 Å². The van der Waals surface area contributed by atoms with Crippen molar-refractivity contribution in [1.29, 1.82) is 0 Å². The minimum absolute atomic E-state index is 0.00412. The first-order valence-corrected chi connectivity index (χ1v) is 9.23. The Labute approximate surface area is 168 Å². The predicted molar refractivity (Wildman–Crippen MR) is 103 cm³/mol. The Morgan fingerprint density at radius 2 is 2.04 bits per heavy atom. The monoisotopic (exact) mass is 423 g/mol. The Kier molecular flexibility index (Phi) is 6.01. The number of thiophene rings is 1. The summed E-state index contributed by atoms with van der Waals surface area (Å²) in [7, 11) is 1.27. The molecule has 6 nitrogen and oxygen atoms in total. The molecule has 2 heterocycles. The van der Waals surface area contributed by atoms with Crippen molar-refractivity contribution < 1.29 is 27.9 Å². The van der Waals surface area contributed by atoms with E-state index < -0.39 is 17.7 Å². The average Bonchev–Trinajstić information content (AvgIpc) is 3.27. The Hall–Kier alpha value is -2.84. The molecule has 1 amide bonds. The van der Waals surface area contributed by atoms with Gasteiger partial charge in [-0.25, -0.2) is 9.18 Å². The van der Waals surface area contributed by atoms with E-state index in [2.05, 4.69) is 5.32 Å². The molecule has 0 aliphatic rings. The Balaban J connectivity index is 1.67. The molecule has 28 heavy (non-hydrogen) atoms. The fourth-order valence-electron chi connectivity index (χ4n) is 2.35. The number of amides is 1. The number of rotatable bonds is 6. The quantitative estimate of drug-likeness (QED) is 0.561. The van der Waals surface area contributed by atoms with Gasteiger partial charge in [0.05, 0.1) is 17.7 Å². The summed E-state index contributed by atoms with van der Waals surface area (Å²) in [5.41, 5.74) is 0.277. The van der Waals surface area contributed by atoms with Gasteiger partial charge in [-0.05, 0) is 43.3 Å². The number of hydrogen-bond donors (Lipinski definition) is 1. The van der Waals surface area contributed by atoms with Crippen LogP contribution in [0.3, 0.4) is 0 Å². The third kappa shape index (κ3) is 4.52. The molecule has 0 unspecified atom stereocenters. The number of halogens is 2. The van der Waals surface area contributed by atoms with Crippen LogP contribution in [0.1, 0.15) is 31.6 Å². The molecule has 1 aromatic carbocycles. The van der Waals surface area contributed by atoms with E-state index in [4.69, 9.17) is 25.5 Å². The van der Waals surface area contributed by atoms with Crippen molar-refractivity contribution in [3.8, 4) is 5.75 Å². The number of methoxy groups -OCH3 is 1. The topological polar surface area (TPSA) is 77.8 Å². The SMILES string of the molecule is COC(=O)c1cc(C)sc1NC(=O)c1ccc(COc2ccc(F)cc2Cl)o1. The molecular weight excluding hydrogens is 409 g/mol. The molecule has 0 radical (unpaired) electrons. The van der Waals surface area contributed by atoms with Gasteiger partial charge in [-0.15, -0.1) is 11.3 Å². The van der Waals surface area contributed by atoms with Crippen molar-refractivity contribution in [2.75, 3.05) is 12.4 Å². The summed E-state index contributed by atoms with van der Waals surface area (Å²) >= 11 is 7.15. The van der Waals surface area contributed by atoms with Crippen LogP contribution in [-0.4, -0.2) is 19.0 Å². The smallest absolute Gasteiger partial charge is 0.340 e. The molecule has 0 saturated heterocycles. The lowest BCUT2D eigenvalue weighted by atomic mass is 10.3. The molecule has 0 saturated carbocycles. The summed E-state index contributed by atoms with van der Waals surface area (Å²) in [6.45, 7) is 1.82. The molecule has 0 spiro atoms. The average molecular weight is 424 g/mol. The standard InChI is InChI=1S/C19H15ClFNO5S/c1-10-7-13(19(24)25-2)18(28-10)22-17(23)16-6-4-12(27-16)9-26-15-5-3-11(21)8-14(15)20/h3-8H,9H2,1-2H3,(H,22,23). The first kappa shape index (κ1) is 19.9. The number of ether oxygens (including phenoxy) is 2. The highest BCUT2D eigenvalue weighted by Gasteiger charge is 2.19. The van der Waals surface area contributed by atoms with E-state index in [9.17, 15) is 14.0 Å². The second-order valence-corrected chi connectivity index (χ2v) is 7.34. The fourth-order valence-corrected chi connectivity index (χ4v) is 3.47. The summed E-state index contributed by atoms with van der Waals surface area (Å²) in [6, 6.07) is 8.47. The van der Waals surface area contributed by atoms with Crippen LogP contribution < -0.4 is 10.1 Å². The number of benzene rings is 1. The predicted octanol–water partition coefficient (Wildman–Crippen LogP) is 5.06. The molecule has 0 aliphatic carbocycles. The van der Waals surface area contributed by atoms with Gasteiger partial charge in [0.2, 0.25) is 0 Å². The maximum atomic E-state index is 13.1. The molecule has 0 aliphatic heterocycles. The van der Waals surface area contributed by atoms with Crippen LogP contribution in [0.25, 0.3) is 0 Å². The van der Waals surface area contributed by atoms with Gasteiger partial charge in [0.1, 0.15) is 28.9 Å². The van der Waals surface area contributed by atoms with Crippen molar-refractivity contribution in [1.82, 2.24) is 0 Å². The van der Waals surface area contributed by atoms with Crippen LogP contribution in [0.2, 0.25) is 5.02 Å². The fraction of sp³-hybridized carbons (Fsp3) is 0.158. The molecule has 9 heteroatoms. The van der Waals surface area contributed by atoms with Crippen LogP contribution >= 0.6 is 22.9 Å². The van der Waals surface area contributed by atoms with E-state index in [-0.39, 0.29) is 23.0 Å².